The molecule has 1 amide bonds. The quantitative estimate of drug-likeness (QED) is 0.934. The molecule has 0 spiro atoms. The van der Waals surface area contributed by atoms with Gasteiger partial charge < -0.3 is 19.2 Å². The predicted molar refractivity (Wildman–Crippen MR) is 71.9 cm³/mol. The molecule has 0 saturated carbocycles. The Labute approximate surface area is 116 Å². The number of nitrogens with one attached hydrogen (secondary N) is 1. The molecule has 1 aliphatic heterocycles. The number of carbonyl (C=O) groups excluding carboxylic acids is 1. The lowest BCUT2D eigenvalue weighted by Gasteiger charge is -2.11. The first-order valence-electron chi connectivity index (χ1n) is 6.40. The van der Waals surface area contributed by atoms with Crippen molar-refractivity contribution in [2.75, 3.05) is 6.79 Å². The number of aryl methyl sites for hydroxylation is 1. The largest absolute Gasteiger partial charge is 0.464 e. The van der Waals surface area contributed by atoms with Gasteiger partial charge in [0.25, 0.3) is 5.91 Å². The highest BCUT2D eigenvalue weighted by molar-refractivity contribution is 5.95. The molecule has 104 valence electrons. The summed E-state index contributed by atoms with van der Waals surface area (Å²) in [4.78, 5) is 12.2. The summed E-state index contributed by atoms with van der Waals surface area (Å²) >= 11 is 0. The van der Waals surface area contributed by atoms with Gasteiger partial charge in [-0.3, -0.25) is 4.79 Å². The minimum absolute atomic E-state index is 0.176. The van der Waals surface area contributed by atoms with E-state index in [0.717, 1.165) is 11.5 Å². The molecular formula is C15H15NO4. The fourth-order valence-electron chi connectivity index (χ4n) is 2.08. The van der Waals surface area contributed by atoms with Gasteiger partial charge in [0.05, 0.1) is 6.04 Å². The van der Waals surface area contributed by atoms with Gasteiger partial charge in [-0.05, 0) is 44.2 Å². The third kappa shape index (κ3) is 2.34. The first-order chi connectivity index (χ1) is 9.63. The third-order valence-electron chi connectivity index (χ3n) is 3.17. The van der Waals surface area contributed by atoms with E-state index in [-0.39, 0.29) is 18.7 Å². The van der Waals surface area contributed by atoms with Gasteiger partial charge in [-0.25, -0.2) is 0 Å². The number of amides is 1. The molecule has 5 nitrogen and oxygen atoms in total. The average Bonchev–Trinajstić information content (AvgIpc) is 3.05. The van der Waals surface area contributed by atoms with E-state index in [1.807, 2.05) is 26.0 Å². The lowest BCUT2D eigenvalue weighted by molar-refractivity contribution is 0.0934. The van der Waals surface area contributed by atoms with E-state index in [2.05, 4.69) is 5.32 Å². The molecule has 2 heterocycles. The van der Waals surface area contributed by atoms with E-state index in [9.17, 15) is 4.79 Å². The predicted octanol–water partition coefficient (Wildman–Crippen LogP) is 2.81. The summed E-state index contributed by atoms with van der Waals surface area (Å²) in [6, 6.07) is 8.67. The zero-order valence-electron chi connectivity index (χ0n) is 11.3. The monoisotopic (exact) mass is 273 g/mol. The van der Waals surface area contributed by atoms with Crippen LogP contribution in [-0.4, -0.2) is 12.7 Å². The minimum atomic E-state index is -0.193. The molecule has 5 heteroatoms. The van der Waals surface area contributed by atoms with Crippen molar-refractivity contribution in [1.82, 2.24) is 5.32 Å². The Balaban J connectivity index is 1.73. The van der Waals surface area contributed by atoms with Crippen LogP contribution < -0.4 is 14.8 Å². The number of furan rings is 1. The van der Waals surface area contributed by atoms with Gasteiger partial charge >= 0.3 is 0 Å². The summed E-state index contributed by atoms with van der Waals surface area (Å²) in [5.41, 5.74) is 0.532. The fraction of sp³-hybridized carbons (Fsp3) is 0.267. The molecule has 1 aromatic heterocycles. The summed E-state index contributed by atoms with van der Waals surface area (Å²) < 4.78 is 16.0. The molecule has 1 N–H and O–H groups in total. The summed E-state index contributed by atoms with van der Waals surface area (Å²) in [6.07, 6.45) is 0. The van der Waals surface area contributed by atoms with Crippen molar-refractivity contribution in [2.45, 2.75) is 19.9 Å². The highest BCUT2D eigenvalue weighted by Gasteiger charge is 2.18. The molecule has 1 atom stereocenters. The third-order valence-corrected chi connectivity index (χ3v) is 3.17. The Bertz CT molecular complexity index is 647. The number of hydrogen-bond acceptors (Lipinski definition) is 4. The second-order valence-corrected chi connectivity index (χ2v) is 4.71. The molecule has 0 saturated heterocycles. The molecule has 2 aromatic rings. The van der Waals surface area contributed by atoms with Crippen LogP contribution >= 0.6 is 0 Å². The van der Waals surface area contributed by atoms with Gasteiger partial charge in [0.15, 0.2) is 11.5 Å². The minimum Gasteiger partial charge on any atom is -0.464 e. The number of benzene rings is 1. The van der Waals surface area contributed by atoms with E-state index < -0.39 is 0 Å². The van der Waals surface area contributed by atoms with E-state index in [1.165, 1.54) is 0 Å². The Kier molecular flexibility index (Phi) is 3.10. The first-order valence-corrected chi connectivity index (χ1v) is 6.40. The van der Waals surface area contributed by atoms with Gasteiger partial charge in [0.2, 0.25) is 6.79 Å². The summed E-state index contributed by atoms with van der Waals surface area (Å²) in [6.45, 7) is 3.95. The second-order valence-electron chi connectivity index (χ2n) is 4.71. The summed E-state index contributed by atoms with van der Waals surface area (Å²) in [5.74, 6) is 2.64. The second kappa shape index (κ2) is 4.92. The van der Waals surface area contributed by atoms with Crippen LogP contribution in [0.2, 0.25) is 0 Å². The average molecular weight is 273 g/mol. The molecule has 0 aliphatic carbocycles. The number of hydrogen-bond donors (Lipinski definition) is 1. The van der Waals surface area contributed by atoms with Crippen molar-refractivity contribution >= 4 is 5.91 Å². The lowest BCUT2D eigenvalue weighted by atomic mass is 10.1. The fourth-order valence-corrected chi connectivity index (χ4v) is 2.08. The van der Waals surface area contributed by atoms with Gasteiger partial charge in [0, 0.05) is 5.56 Å². The van der Waals surface area contributed by atoms with Crippen LogP contribution in [0.25, 0.3) is 0 Å². The van der Waals surface area contributed by atoms with Crippen LogP contribution in [0.3, 0.4) is 0 Å². The Morgan fingerprint density at radius 3 is 2.75 bits per heavy atom. The molecule has 0 radical (unpaired) electrons. The molecule has 1 unspecified atom stereocenters. The lowest BCUT2D eigenvalue weighted by Crippen LogP contribution is -2.26. The van der Waals surface area contributed by atoms with Crippen molar-refractivity contribution < 1.29 is 18.7 Å². The van der Waals surface area contributed by atoms with Crippen LogP contribution in [-0.2, 0) is 0 Å². The van der Waals surface area contributed by atoms with E-state index in [1.54, 1.807) is 18.2 Å². The SMILES string of the molecule is Cc1ccc(C(C)NC(=O)c2ccc3c(c2)OCO3)o1. The maximum absolute atomic E-state index is 12.2. The van der Waals surface area contributed by atoms with Crippen LogP contribution in [0.1, 0.15) is 34.8 Å². The van der Waals surface area contributed by atoms with E-state index in [0.29, 0.717) is 17.1 Å². The smallest absolute Gasteiger partial charge is 0.252 e. The number of fused-ring (bicyclic) bond motifs is 1. The normalized spacial score (nSPS) is 14.1. The van der Waals surface area contributed by atoms with Crippen LogP contribution in [0.4, 0.5) is 0 Å². The van der Waals surface area contributed by atoms with Gasteiger partial charge in [-0.1, -0.05) is 0 Å². The molecule has 3 rings (SSSR count). The topological polar surface area (TPSA) is 60.7 Å². The highest BCUT2D eigenvalue weighted by Crippen LogP contribution is 2.32. The number of carbonyl (C=O) groups is 1. The molecular weight excluding hydrogens is 258 g/mol. The molecule has 1 aliphatic rings. The number of ether oxygens (including phenoxy) is 2. The van der Waals surface area contributed by atoms with Crippen LogP contribution in [0, 0.1) is 6.92 Å². The highest BCUT2D eigenvalue weighted by atomic mass is 16.7. The maximum Gasteiger partial charge on any atom is 0.252 e. The molecule has 1 aromatic carbocycles. The van der Waals surface area contributed by atoms with Crippen LogP contribution in [0.5, 0.6) is 11.5 Å². The first kappa shape index (κ1) is 12.6. The zero-order chi connectivity index (χ0) is 14.1. The standard InChI is InChI=1S/C15H15NO4/c1-9-3-5-12(20-9)10(2)16-15(17)11-4-6-13-14(7-11)19-8-18-13/h3-7,10H,8H2,1-2H3,(H,16,17). The number of rotatable bonds is 3. The Morgan fingerprint density at radius 2 is 2.00 bits per heavy atom. The van der Waals surface area contributed by atoms with Gasteiger partial charge in [0.1, 0.15) is 11.5 Å². The molecule has 20 heavy (non-hydrogen) atoms. The van der Waals surface area contributed by atoms with Crippen molar-refractivity contribution in [3.05, 3.63) is 47.4 Å². The van der Waals surface area contributed by atoms with Crippen molar-refractivity contribution in [2.24, 2.45) is 0 Å². The van der Waals surface area contributed by atoms with E-state index in [4.69, 9.17) is 13.9 Å². The van der Waals surface area contributed by atoms with E-state index >= 15 is 0 Å². The molecule has 0 bridgehead atoms. The Morgan fingerprint density at radius 1 is 1.20 bits per heavy atom. The van der Waals surface area contributed by atoms with Gasteiger partial charge in [-0.15, -0.1) is 0 Å². The van der Waals surface area contributed by atoms with Crippen LogP contribution in [0.15, 0.2) is 34.7 Å². The Hall–Kier alpha value is -2.43. The van der Waals surface area contributed by atoms with Gasteiger partial charge in [-0.2, -0.15) is 0 Å². The summed E-state index contributed by atoms with van der Waals surface area (Å²) in [7, 11) is 0. The molecule has 0 fully saturated rings. The maximum atomic E-state index is 12.2. The van der Waals surface area contributed by atoms with Crippen molar-refractivity contribution in [3.8, 4) is 11.5 Å². The zero-order valence-corrected chi connectivity index (χ0v) is 11.3. The van der Waals surface area contributed by atoms with Crippen molar-refractivity contribution in [3.63, 3.8) is 0 Å². The van der Waals surface area contributed by atoms with Crippen molar-refractivity contribution in [1.29, 1.82) is 0 Å². The summed E-state index contributed by atoms with van der Waals surface area (Å²) in [5, 5.41) is 2.89.